The first kappa shape index (κ1) is 21.5. The molecule has 152 valence electrons. The quantitative estimate of drug-likeness (QED) is 0.388. The van der Waals surface area contributed by atoms with Gasteiger partial charge in [-0.1, -0.05) is 18.2 Å². The maximum Gasteiger partial charge on any atom is 0.250 e. The number of hydrogen-bond acceptors (Lipinski definition) is 3. The van der Waals surface area contributed by atoms with Crippen LogP contribution in [-0.4, -0.2) is 42.2 Å². The van der Waals surface area contributed by atoms with Crippen LogP contribution >= 0.6 is 0 Å². The lowest BCUT2D eigenvalue weighted by Crippen LogP contribution is -2.38. The first-order valence-electron chi connectivity index (χ1n) is 10.0. The van der Waals surface area contributed by atoms with Crippen molar-refractivity contribution < 1.29 is 4.74 Å². The van der Waals surface area contributed by atoms with Gasteiger partial charge in [-0.05, 0) is 50.5 Å². The number of pyridine rings is 1. The zero-order valence-electron chi connectivity index (χ0n) is 17.2. The molecule has 1 heterocycles. The van der Waals surface area contributed by atoms with Gasteiger partial charge in [0.1, 0.15) is 5.75 Å². The Morgan fingerprint density at radius 3 is 2.61 bits per heavy atom. The summed E-state index contributed by atoms with van der Waals surface area (Å²) < 4.78 is 7.24. The summed E-state index contributed by atoms with van der Waals surface area (Å²) in [5.41, 5.74) is 1.26. The number of benzene rings is 1. The van der Waals surface area contributed by atoms with Crippen LogP contribution in [0.5, 0.6) is 5.75 Å². The van der Waals surface area contributed by atoms with Gasteiger partial charge < -0.3 is 19.5 Å². The number of nitrogens with zero attached hydrogens (tertiary/aromatic N) is 3. The van der Waals surface area contributed by atoms with Crippen molar-refractivity contribution in [1.82, 2.24) is 14.8 Å². The van der Waals surface area contributed by atoms with Gasteiger partial charge in [-0.25, -0.2) is 0 Å². The molecule has 0 radical (unpaired) electrons. The third-order valence-corrected chi connectivity index (χ3v) is 4.32. The fourth-order valence-corrected chi connectivity index (χ4v) is 2.90. The molecule has 0 aliphatic rings. The molecule has 6 heteroatoms. The highest BCUT2D eigenvalue weighted by Crippen LogP contribution is 2.13. The molecule has 0 unspecified atom stereocenters. The summed E-state index contributed by atoms with van der Waals surface area (Å²) in [5, 5.41) is 3.35. The Labute approximate surface area is 167 Å². The molecular formula is C22H32N4O2. The van der Waals surface area contributed by atoms with Crippen molar-refractivity contribution in [2.75, 3.05) is 26.7 Å². The fraction of sp³-hybridized carbons (Fsp3) is 0.455. The number of aromatic nitrogens is 1. The van der Waals surface area contributed by atoms with Gasteiger partial charge in [0.15, 0.2) is 5.96 Å². The third-order valence-electron chi connectivity index (χ3n) is 4.32. The Balaban J connectivity index is 1.84. The number of guanidine groups is 1. The standard InChI is InChI=1S/C22H32N4O2/c1-4-23-22(24-15-7-9-17-26-16-8-6-10-21(26)27)25(3)18-19-11-13-20(14-12-19)28-5-2/h6,8,10-14,16H,4-5,7,9,15,17-18H2,1-3H3,(H,23,24). The topological polar surface area (TPSA) is 58.9 Å². The van der Waals surface area contributed by atoms with E-state index in [9.17, 15) is 4.79 Å². The van der Waals surface area contributed by atoms with Gasteiger partial charge in [0.2, 0.25) is 5.56 Å². The lowest BCUT2D eigenvalue weighted by atomic mass is 10.2. The zero-order valence-corrected chi connectivity index (χ0v) is 17.2. The highest BCUT2D eigenvalue weighted by Gasteiger charge is 2.06. The third kappa shape index (κ3) is 7.10. The van der Waals surface area contributed by atoms with E-state index in [1.165, 1.54) is 5.56 Å². The first-order chi connectivity index (χ1) is 13.6. The summed E-state index contributed by atoms with van der Waals surface area (Å²) >= 11 is 0. The molecule has 0 saturated carbocycles. The Kier molecular flexibility index (Phi) is 9.11. The van der Waals surface area contributed by atoms with Crippen LogP contribution in [0.2, 0.25) is 0 Å². The minimum Gasteiger partial charge on any atom is -0.494 e. The molecule has 0 aliphatic heterocycles. The molecule has 0 aliphatic carbocycles. The summed E-state index contributed by atoms with van der Waals surface area (Å²) in [4.78, 5) is 18.6. The number of hydrogen-bond donors (Lipinski definition) is 1. The van der Waals surface area contributed by atoms with Crippen molar-refractivity contribution in [1.29, 1.82) is 0 Å². The average molecular weight is 385 g/mol. The van der Waals surface area contributed by atoms with E-state index in [0.29, 0.717) is 6.61 Å². The van der Waals surface area contributed by atoms with Crippen LogP contribution in [-0.2, 0) is 13.1 Å². The van der Waals surface area contributed by atoms with E-state index < -0.39 is 0 Å². The summed E-state index contributed by atoms with van der Waals surface area (Å²) in [6, 6.07) is 13.4. The maximum atomic E-state index is 11.7. The Hall–Kier alpha value is -2.76. The van der Waals surface area contributed by atoms with Gasteiger partial charge in [-0.3, -0.25) is 9.79 Å². The van der Waals surface area contributed by atoms with E-state index in [2.05, 4.69) is 29.3 Å². The predicted octanol–water partition coefficient (Wildman–Crippen LogP) is 3.12. The van der Waals surface area contributed by atoms with E-state index in [1.54, 1.807) is 16.7 Å². The van der Waals surface area contributed by atoms with Crippen molar-refractivity contribution in [3.05, 3.63) is 64.6 Å². The molecule has 0 saturated heterocycles. The van der Waals surface area contributed by atoms with Crippen LogP contribution in [0.25, 0.3) is 0 Å². The maximum absolute atomic E-state index is 11.7. The molecule has 0 fully saturated rings. The van der Waals surface area contributed by atoms with Gasteiger partial charge >= 0.3 is 0 Å². The van der Waals surface area contributed by atoms with Crippen molar-refractivity contribution in [3.8, 4) is 5.75 Å². The molecule has 6 nitrogen and oxygen atoms in total. The highest BCUT2D eigenvalue weighted by atomic mass is 16.5. The van der Waals surface area contributed by atoms with Crippen LogP contribution in [0, 0.1) is 0 Å². The lowest BCUT2D eigenvalue weighted by molar-refractivity contribution is 0.340. The molecular weight excluding hydrogens is 352 g/mol. The van der Waals surface area contributed by atoms with E-state index in [4.69, 9.17) is 9.73 Å². The minimum absolute atomic E-state index is 0.0504. The Bertz CT molecular complexity index is 784. The van der Waals surface area contributed by atoms with E-state index >= 15 is 0 Å². The molecule has 0 atom stereocenters. The summed E-state index contributed by atoms with van der Waals surface area (Å²) in [5.74, 6) is 1.79. The van der Waals surface area contributed by atoms with Crippen molar-refractivity contribution in [2.45, 2.75) is 39.8 Å². The van der Waals surface area contributed by atoms with Gasteiger partial charge in [0.05, 0.1) is 6.61 Å². The molecule has 2 rings (SSSR count). The highest BCUT2D eigenvalue weighted by molar-refractivity contribution is 5.79. The smallest absolute Gasteiger partial charge is 0.250 e. The lowest BCUT2D eigenvalue weighted by Gasteiger charge is -2.22. The predicted molar refractivity (Wildman–Crippen MR) is 115 cm³/mol. The van der Waals surface area contributed by atoms with Crippen LogP contribution < -0.4 is 15.6 Å². The second-order valence-electron chi connectivity index (χ2n) is 6.61. The molecule has 0 spiro atoms. The summed E-state index contributed by atoms with van der Waals surface area (Å²) in [7, 11) is 2.04. The molecule has 0 amide bonds. The minimum atomic E-state index is 0.0504. The van der Waals surface area contributed by atoms with E-state index in [-0.39, 0.29) is 5.56 Å². The normalized spacial score (nSPS) is 11.3. The molecule has 1 aromatic carbocycles. The fourth-order valence-electron chi connectivity index (χ4n) is 2.90. The van der Waals surface area contributed by atoms with Crippen molar-refractivity contribution >= 4 is 5.96 Å². The first-order valence-corrected chi connectivity index (χ1v) is 10.0. The number of aryl methyl sites for hydroxylation is 1. The van der Waals surface area contributed by atoms with Crippen LogP contribution in [0.15, 0.2) is 58.4 Å². The summed E-state index contributed by atoms with van der Waals surface area (Å²) in [6.45, 7) is 7.80. The largest absolute Gasteiger partial charge is 0.494 e. The number of rotatable bonds is 10. The van der Waals surface area contributed by atoms with Crippen molar-refractivity contribution in [3.63, 3.8) is 0 Å². The molecule has 1 aromatic heterocycles. The van der Waals surface area contributed by atoms with Gasteiger partial charge in [0, 0.05) is 45.5 Å². The zero-order chi connectivity index (χ0) is 20.2. The second kappa shape index (κ2) is 11.8. The number of unbranched alkanes of at least 4 members (excludes halogenated alkanes) is 1. The number of ether oxygens (including phenoxy) is 1. The number of nitrogens with one attached hydrogen (secondary N) is 1. The van der Waals surface area contributed by atoms with Gasteiger partial charge in [-0.2, -0.15) is 0 Å². The second-order valence-corrected chi connectivity index (χ2v) is 6.61. The monoisotopic (exact) mass is 384 g/mol. The Morgan fingerprint density at radius 1 is 1.14 bits per heavy atom. The van der Waals surface area contributed by atoms with E-state index in [1.807, 2.05) is 38.4 Å². The molecule has 0 bridgehead atoms. The number of aliphatic imine (C=N–C) groups is 1. The molecule has 28 heavy (non-hydrogen) atoms. The van der Waals surface area contributed by atoms with E-state index in [0.717, 1.165) is 50.7 Å². The molecule has 1 N–H and O–H groups in total. The van der Waals surface area contributed by atoms with Crippen LogP contribution in [0.1, 0.15) is 32.3 Å². The van der Waals surface area contributed by atoms with Crippen LogP contribution in [0.3, 0.4) is 0 Å². The summed E-state index contributed by atoms with van der Waals surface area (Å²) in [6.07, 6.45) is 3.70. The molecule has 2 aromatic rings. The SMILES string of the molecule is CCNC(=NCCCCn1ccccc1=O)N(C)Cc1ccc(OCC)cc1. The van der Waals surface area contributed by atoms with Crippen molar-refractivity contribution in [2.24, 2.45) is 4.99 Å². The Morgan fingerprint density at radius 2 is 1.93 bits per heavy atom. The van der Waals surface area contributed by atoms with Gasteiger partial charge in [-0.15, -0.1) is 0 Å². The van der Waals surface area contributed by atoms with Gasteiger partial charge in [0.25, 0.3) is 0 Å². The van der Waals surface area contributed by atoms with Crippen LogP contribution in [0.4, 0.5) is 0 Å². The average Bonchev–Trinajstić information content (AvgIpc) is 2.70.